The largest absolute Gasteiger partial charge is 0.463 e. The quantitative estimate of drug-likeness (QED) is 0.332. The minimum Gasteiger partial charge on any atom is -0.463 e. The molecule has 0 spiro atoms. The van der Waals surface area contributed by atoms with Gasteiger partial charge in [0.05, 0.1) is 18.1 Å². The van der Waals surface area contributed by atoms with Crippen LogP contribution in [-0.2, 0) is 11.2 Å². The zero-order valence-electron chi connectivity index (χ0n) is 18.2. The minimum atomic E-state index is -0.184. The first kappa shape index (κ1) is 22.4. The molecule has 1 aliphatic carbocycles. The number of halogens is 1. The van der Waals surface area contributed by atoms with Gasteiger partial charge in [0, 0.05) is 17.3 Å². The van der Waals surface area contributed by atoms with Gasteiger partial charge in [-0.2, -0.15) is 5.10 Å². The zero-order valence-corrected chi connectivity index (χ0v) is 20.6. The SMILES string of the molecule is O=C(CSc1nnc(CCC2CCCC2)o1)N1N=C(c2ccco2)CC1c1ccc(Br)cc1. The lowest BCUT2D eigenvalue weighted by Gasteiger charge is -2.21. The van der Waals surface area contributed by atoms with Crippen molar-refractivity contribution in [2.75, 3.05) is 5.75 Å². The summed E-state index contributed by atoms with van der Waals surface area (Å²) in [6.07, 6.45) is 9.39. The first-order valence-corrected chi connectivity index (χ1v) is 13.1. The Bertz CT molecular complexity index is 1110. The molecule has 3 aromatic rings. The van der Waals surface area contributed by atoms with E-state index in [1.807, 2.05) is 36.4 Å². The fourth-order valence-corrected chi connectivity index (χ4v) is 5.39. The Morgan fingerprint density at radius 2 is 1.97 bits per heavy atom. The van der Waals surface area contributed by atoms with Crippen molar-refractivity contribution in [3.63, 3.8) is 0 Å². The van der Waals surface area contributed by atoms with Crippen LogP contribution in [0, 0.1) is 5.92 Å². The van der Waals surface area contributed by atoms with Gasteiger partial charge in [-0.3, -0.25) is 4.79 Å². The summed E-state index contributed by atoms with van der Waals surface area (Å²) in [6.45, 7) is 0. The van der Waals surface area contributed by atoms with Gasteiger partial charge in [-0.05, 0) is 42.2 Å². The summed E-state index contributed by atoms with van der Waals surface area (Å²) in [5.74, 6) is 2.18. The summed E-state index contributed by atoms with van der Waals surface area (Å²) >= 11 is 4.73. The van der Waals surface area contributed by atoms with Crippen molar-refractivity contribution in [3.05, 3.63) is 64.3 Å². The molecule has 5 rings (SSSR count). The van der Waals surface area contributed by atoms with Crippen LogP contribution in [-0.4, -0.2) is 32.6 Å². The molecule has 172 valence electrons. The third-order valence-electron chi connectivity index (χ3n) is 6.23. The van der Waals surface area contributed by atoms with Gasteiger partial charge in [0.1, 0.15) is 11.5 Å². The van der Waals surface area contributed by atoms with Crippen LogP contribution in [0.1, 0.15) is 61.8 Å². The molecule has 1 aromatic carbocycles. The Morgan fingerprint density at radius 3 is 2.73 bits per heavy atom. The molecule has 1 atom stereocenters. The highest BCUT2D eigenvalue weighted by Gasteiger charge is 2.34. The molecule has 1 saturated carbocycles. The molecule has 2 aromatic heterocycles. The van der Waals surface area contributed by atoms with Crippen LogP contribution >= 0.6 is 27.7 Å². The van der Waals surface area contributed by atoms with E-state index in [1.54, 1.807) is 11.3 Å². The smallest absolute Gasteiger partial charge is 0.277 e. The predicted octanol–water partition coefficient (Wildman–Crippen LogP) is 6.02. The first-order valence-electron chi connectivity index (χ1n) is 11.3. The molecule has 1 amide bonds. The highest BCUT2D eigenvalue weighted by Crippen LogP contribution is 2.34. The number of rotatable bonds is 8. The summed E-state index contributed by atoms with van der Waals surface area (Å²) in [5.41, 5.74) is 1.78. The maximum Gasteiger partial charge on any atom is 0.277 e. The number of nitrogens with zero attached hydrogens (tertiary/aromatic N) is 4. The molecular formula is C24H25BrN4O3S. The van der Waals surface area contributed by atoms with E-state index in [-0.39, 0.29) is 17.7 Å². The van der Waals surface area contributed by atoms with Crippen LogP contribution in [0.4, 0.5) is 0 Å². The molecule has 1 aliphatic heterocycles. The summed E-state index contributed by atoms with van der Waals surface area (Å²) in [6, 6.07) is 11.5. The third kappa shape index (κ3) is 5.41. The summed E-state index contributed by atoms with van der Waals surface area (Å²) < 4.78 is 12.3. The van der Waals surface area contributed by atoms with E-state index < -0.39 is 0 Å². The Labute approximate surface area is 205 Å². The highest BCUT2D eigenvalue weighted by molar-refractivity contribution is 9.10. The molecular weight excluding hydrogens is 504 g/mol. The van der Waals surface area contributed by atoms with E-state index >= 15 is 0 Å². The molecule has 33 heavy (non-hydrogen) atoms. The fourth-order valence-electron chi connectivity index (χ4n) is 4.49. The van der Waals surface area contributed by atoms with Crippen LogP contribution in [0.2, 0.25) is 0 Å². The number of hydrogen-bond donors (Lipinski definition) is 0. The molecule has 0 N–H and O–H groups in total. The molecule has 0 bridgehead atoms. The van der Waals surface area contributed by atoms with Gasteiger partial charge in [0.2, 0.25) is 5.89 Å². The van der Waals surface area contributed by atoms with E-state index in [1.165, 1.54) is 37.4 Å². The molecule has 3 heterocycles. The number of hydrazone groups is 1. The molecule has 0 radical (unpaired) electrons. The van der Waals surface area contributed by atoms with E-state index in [2.05, 4.69) is 31.2 Å². The van der Waals surface area contributed by atoms with Crippen LogP contribution in [0.25, 0.3) is 0 Å². The minimum absolute atomic E-state index is 0.111. The second kappa shape index (κ2) is 10.3. The molecule has 9 heteroatoms. The topological polar surface area (TPSA) is 84.7 Å². The Kier molecular flexibility index (Phi) is 6.96. The van der Waals surface area contributed by atoms with Crippen molar-refractivity contribution in [3.8, 4) is 0 Å². The number of amides is 1. The van der Waals surface area contributed by atoms with Crippen molar-refractivity contribution in [2.45, 2.75) is 56.2 Å². The van der Waals surface area contributed by atoms with Gasteiger partial charge in [-0.15, -0.1) is 10.2 Å². The van der Waals surface area contributed by atoms with Crippen molar-refractivity contribution >= 4 is 39.3 Å². The van der Waals surface area contributed by atoms with Crippen molar-refractivity contribution < 1.29 is 13.6 Å². The summed E-state index contributed by atoms with van der Waals surface area (Å²) in [4.78, 5) is 13.2. The van der Waals surface area contributed by atoms with E-state index in [0.717, 1.165) is 34.5 Å². The standard InChI is InChI=1S/C24H25BrN4O3S/c25-18-10-8-17(9-11-18)20-14-19(21-6-3-13-31-21)28-29(20)23(30)15-33-24-27-26-22(32-24)12-7-16-4-1-2-5-16/h3,6,8-11,13,16,20H,1-2,4-5,7,12,14-15H2. The highest BCUT2D eigenvalue weighted by atomic mass is 79.9. The van der Waals surface area contributed by atoms with Gasteiger partial charge in [-0.1, -0.05) is 65.5 Å². The first-order chi connectivity index (χ1) is 16.2. The van der Waals surface area contributed by atoms with E-state index in [4.69, 9.17) is 8.83 Å². The average molecular weight is 529 g/mol. The Morgan fingerprint density at radius 1 is 1.15 bits per heavy atom. The second-order valence-corrected chi connectivity index (χ2v) is 10.3. The lowest BCUT2D eigenvalue weighted by Crippen LogP contribution is -2.28. The molecule has 0 saturated heterocycles. The van der Waals surface area contributed by atoms with Gasteiger partial charge >= 0.3 is 0 Å². The Balaban J connectivity index is 1.24. The number of aryl methyl sites for hydroxylation is 1. The number of furan rings is 1. The van der Waals surface area contributed by atoms with Crippen LogP contribution < -0.4 is 0 Å². The van der Waals surface area contributed by atoms with Gasteiger partial charge in [0.25, 0.3) is 11.1 Å². The van der Waals surface area contributed by atoms with Gasteiger partial charge < -0.3 is 8.83 Å². The van der Waals surface area contributed by atoms with Crippen molar-refractivity contribution in [1.82, 2.24) is 15.2 Å². The molecule has 1 fully saturated rings. The Hall–Kier alpha value is -2.39. The predicted molar refractivity (Wildman–Crippen MR) is 129 cm³/mol. The molecule has 2 aliphatic rings. The van der Waals surface area contributed by atoms with Crippen LogP contribution in [0.3, 0.4) is 0 Å². The normalized spacial score (nSPS) is 18.8. The van der Waals surface area contributed by atoms with Gasteiger partial charge in [-0.25, -0.2) is 5.01 Å². The summed E-state index contributed by atoms with van der Waals surface area (Å²) in [7, 11) is 0. The zero-order chi connectivity index (χ0) is 22.6. The van der Waals surface area contributed by atoms with Crippen LogP contribution in [0.5, 0.6) is 0 Å². The lowest BCUT2D eigenvalue weighted by molar-refractivity contribution is -0.130. The fraction of sp³-hybridized carbons (Fsp3) is 0.417. The number of thioether (sulfide) groups is 1. The van der Waals surface area contributed by atoms with Gasteiger partial charge in [0.15, 0.2) is 0 Å². The summed E-state index contributed by atoms with van der Waals surface area (Å²) in [5, 5.41) is 14.9. The second-order valence-electron chi connectivity index (χ2n) is 8.47. The maximum atomic E-state index is 13.2. The number of benzene rings is 1. The van der Waals surface area contributed by atoms with Crippen molar-refractivity contribution in [2.24, 2.45) is 11.0 Å². The lowest BCUT2D eigenvalue weighted by atomic mass is 10.0. The number of carbonyl (C=O) groups excluding carboxylic acids is 1. The molecule has 7 nitrogen and oxygen atoms in total. The average Bonchev–Trinajstić information content (AvgIpc) is 3.62. The third-order valence-corrected chi connectivity index (χ3v) is 7.57. The monoisotopic (exact) mass is 528 g/mol. The van der Waals surface area contributed by atoms with E-state index in [0.29, 0.717) is 23.3 Å². The number of hydrogen-bond acceptors (Lipinski definition) is 7. The molecule has 1 unspecified atom stereocenters. The van der Waals surface area contributed by atoms with Crippen molar-refractivity contribution in [1.29, 1.82) is 0 Å². The maximum absolute atomic E-state index is 13.2. The van der Waals surface area contributed by atoms with E-state index in [9.17, 15) is 4.79 Å². The van der Waals surface area contributed by atoms with Crippen LogP contribution in [0.15, 0.2) is 66.3 Å². The number of aromatic nitrogens is 2. The number of carbonyl (C=O) groups is 1.